The Bertz CT molecular complexity index is 1300. The molecule has 0 aromatic heterocycles. The summed E-state index contributed by atoms with van der Waals surface area (Å²) in [6.07, 6.45) is 1.98. The number of nitrogens with zero attached hydrogens (tertiary/aromatic N) is 2. The van der Waals surface area contributed by atoms with Crippen LogP contribution in [-0.4, -0.2) is 50.5 Å². The summed E-state index contributed by atoms with van der Waals surface area (Å²) in [7, 11) is -3.54. The Balaban J connectivity index is 1.84. The number of sulfonamides is 1. The number of nitrogens with one attached hydrogen (secondary N) is 1. The van der Waals surface area contributed by atoms with Crippen molar-refractivity contribution >= 4 is 27.5 Å². The van der Waals surface area contributed by atoms with Crippen molar-refractivity contribution in [1.82, 2.24) is 10.2 Å². The largest absolute Gasteiger partial charge is 0.355 e. The van der Waals surface area contributed by atoms with E-state index in [0.717, 1.165) is 16.7 Å². The van der Waals surface area contributed by atoms with Gasteiger partial charge in [0, 0.05) is 32.5 Å². The Labute approximate surface area is 226 Å². The second kappa shape index (κ2) is 13.8. The molecule has 0 unspecified atom stereocenters. The van der Waals surface area contributed by atoms with E-state index in [1.165, 1.54) is 10.6 Å². The average molecular weight is 536 g/mol. The maximum Gasteiger partial charge on any atom is 0.243 e. The predicted octanol–water partition coefficient (Wildman–Crippen LogP) is 4.32. The Morgan fingerprint density at radius 2 is 1.45 bits per heavy atom. The molecule has 3 aromatic carbocycles. The maximum atomic E-state index is 13.7. The van der Waals surface area contributed by atoms with Crippen molar-refractivity contribution in [3.05, 3.63) is 102 Å². The molecule has 0 heterocycles. The van der Waals surface area contributed by atoms with E-state index in [-0.39, 0.29) is 31.3 Å². The van der Waals surface area contributed by atoms with Crippen molar-refractivity contribution in [1.29, 1.82) is 0 Å². The molecule has 0 aliphatic rings. The summed E-state index contributed by atoms with van der Waals surface area (Å²) in [4.78, 5) is 28.6. The summed E-state index contributed by atoms with van der Waals surface area (Å²) in [5.41, 5.74) is 3.32. The molecule has 1 atom stereocenters. The second-order valence-electron chi connectivity index (χ2n) is 9.33. The number of carbonyl (C=O) groups is 2. The smallest absolute Gasteiger partial charge is 0.243 e. The zero-order valence-electron chi connectivity index (χ0n) is 22.3. The molecule has 0 bridgehead atoms. The number of rotatable bonds is 13. The normalized spacial score (nSPS) is 12.0. The lowest BCUT2D eigenvalue weighted by atomic mass is 10.0. The van der Waals surface area contributed by atoms with Crippen LogP contribution >= 0.6 is 0 Å². The van der Waals surface area contributed by atoms with Gasteiger partial charge in [-0.25, -0.2) is 8.42 Å². The molecule has 0 aliphatic heterocycles. The van der Waals surface area contributed by atoms with E-state index in [4.69, 9.17) is 0 Å². The fraction of sp³-hybridized carbons (Fsp3) is 0.333. The molecule has 7 nitrogen and oxygen atoms in total. The average Bonchev–Trinajstić information content (AvgIpc) is 2.90. The van der Waals surface area contributed by atoms with Crippen molar-refractivity contribution in [3.8, 4) is 0 Å². The third-order valence-electron chi connectivity index (χ3n) is 6.35. The molecule has 0 saturated heterocycles. The van der Waals surface area contributed by atoms with Crippen LogP contribution in [0.15, 0.2) is 84.9 Å². The molecule has 0 radical (unpaired) electrons. The first-order valence-electron chi connectivity index (χ1n) is 12.9. The molecular weight excluding hydrogens is 498 g/mol. The van der Waals surface area contributed by atoms with Crippen molar-refractivity contribution in [3.63, 3.8) is 0 Å². The zero-order chi connectivity index (χ0) is 27.5. The highest BCUT2D eigenvalue weighted by molar-refractivity contribution is 7.92. The third-order valence-corrected chi connectivity index (χ3v) is 7.53. The van der Waals surface area contributed by atoms with Crippen LogP contribution in [0.4, 0.5) is 5.69 Å². The lowest BCUT2D eigenvalue weighted by Gasteiger charge is -2.32. The lowest BCUT2D eigenvalue weighted by molar-refractivity contribution is -0.141. The minimum Gasteiger partial charge on any atom is -0.355 e. The fourth-order valence-electron chi connectivity index (χ4n) is 4.45. The fourth-order valence-corrected chi connectivity index (χ4v) is 5.47. The third kappa shape index (κ3) is 8.18. The first-order chi connectivity index (χ1) is 18.2. The Hall–Kier alpha value is -3.65. The van der Waals surface area contributed by atoms with Gasteiger partial charge in [-0.15, -0.1) is 0 Å². The molecule has 8 heteroatoms. The maximum absolute atomic E-state index is 13.7. The van der Waals surface area contributed by atoms with E-state index in [1.807, 2.05) is 86.6 Å². The molecule has 0 aliphatic carbocycles. The zero-order valence-corrected chi connectivity index (χ0v) is 23.2. The molecule has 202 valence electrons. The number of likely N-dealkylation sites (N-methyl/N-ethyl adjacent to an activating group) is 1. The van der Waals surface area contributed by atoms with Gasteiger partial charge in [-0.2, -0.15) is 0 Å². The highest BCUT2D eigenvalue weighted by atomic mass is 32.2. The molecule has 0 fully saturated rings. The number of hydrogen-bond acceptors (Lipinski definition) is 4. The molecule has 0 spiro atoms. The van der Waals surface area contributed by atoms with Crippen LogP contribution in [-0.2, 0) is 32.6 Å². The number of carbonyl (C=O) groups excluding carboxylic acids is 2. The standard InChI is InChI=1S/C30H37N3O4S/c1-4-31-30(35)28(22-25-15-7-5-8-16-25)32(23-26-17-9-6-10-18-26)29(34)20-13-21-33(38(3,36)37)27-19-12-11-14-24(27)2/h5-12,14-19,28H,4,13,20-23H2,1-3H3,(H,31,35)/t28-/m1/s1. The lowest BCUT2D eigenvalue weighted by Crippen LogP contribution is -2.50. The number of hydrogen-bond donors (Lipinski definition) is 1. The monoisotopic (exact) mass is 535 g/mol. The van der Waals surface area contributed by atoms with Crippen LogP contribution in [0.5, 0.6) is 0 Å². The SMILES string of the molecule is CCNC(=O)[C@@H](Cc1ccccc1)N(Cc1ccccc1)C(=O)CCCN(c1ccccc1C)S(C)(=O)=O. The summed E-state index contributed by atoms with van der Waals surface area (Å²) in [5.74, 6) is -0.405. The van der Waals surface area contributed by atoms with Gasteiger partial charge in [0.1, 0.15) is 6.04 Å². The van der Waals surface area contributed by atoms with Gasteiger partial charge in [0.2, 0.25) is 21.8 Å². The van der Waals surface area contributed by atoms with Crippen LogP contribution in [0.2, 0.25) is 0 Å². The first kappa shape index (κ1) is 28.9. The van der Waals surface area contributed by atoms with Crippen molar-refractivity contribution < 1.29 is 18.0 Å². The van der Waals surface area contributed by atoms with Gasteiger partial charge in [-0.3, -0.25) is 13.9 Å². The van der Waals surface area contributed by atoms with E-state index in [9.17, 15) is 18.0 Å². The Kier molecular flexibility index (Phi) is 10.5. The van der Waals surface area contributed by atoms with Crippen LogP contribution in [0, 0.1) is 6.92 Å². The highest BCUT2D eigenvalue weighted by Crippen LogP contribution is 2.23. The van der Waals surface area contributed by atoms with Crippen LogP contribution in [0.25, 0.3) is 0 Å². The van der Waals surface area contributed by atoms with Gasteiger partial charge in [-0.05, 0) is 43.0 Å². The van der Waals surface area contributed by atoms with Gasteiger partial charge < -0.3 is 10.2 Å². The molecule has 1 N–H and O–H groups in total. The number of anilines is 1. The predicted molar refractivity (Wildman–Crippen MR) is 152 cm³/mol. The molecule has 3 aromatic rings. The molecule has 0 saturated carbocycles. The summed E-state index contributed by atoms with van der Waals surface area (Å²) >= 11 is 0. The minimum atomic E-state index is -3.54. The van der Waals surface area contributed by atoms with Crippen LogP contribution in [0.3, 0.4) is 0 Å². The van der Waals surface area contributed by atoms with Crippen LogP contribution in [0.1, 0.15) is 36.5 Å². The van der Waals surface area contributed by atoms with Crippen LogP contribution < -0.4 is 9.62 Å². The quantitative estimate of drug-likeness (QED) is 0.353. The highest BCUT2D eigenvalue weighted by Gasteiger charge is 2.30. The van der Waals surface area contributed by atoms with Crippen molar-refractivity contribution in [2.45, 2.75) is 45.7 Å². The summed E-state index contributed by atoms with van der Waals surface area (Å²) < 4.78 is 26.5. The van der Waals surface area contributed by atoms with Gasteiger partial charge in [0.15, 0.2) is 0 Å². The van der Waals surface area contributed by atoms with Gasteiger partial charge in [-0.1, -0.05) is 78.9 Å². The number of amides is 2. The van der Waals surface area contributed by atoms with E-state index >= 15 is 0 Å². The molecule has 2 amide bonds. The van der Waals surface area contributed by atoms with E-state index in [0.29, 0.717) is 25.1 Å². The summed E-state index contributed by atoms with van der Waals surface area (Å²) in [6, 6.07) is 25.8. The summed E-state index contributed by atoms with van der Waals surface area (Å²) in [6.45, 7) is 4.62. The van der Waals surface area contributed by atoms with Gasteiger partial charge in [0.05, 0.1) is 11.9 Å². The Morgan fingerprint density at radius 3 is 2.03 bits per heavy atom. The van der Waals surface area contributed by atoms with E-state index in [1.54, 1.807) is 17.0 Å². The molecule has 3 rings (SSSR count). The number of para-hydroxylation sites is 1. The minimum absolute atomic E-state index is 0.107. The molecule has 38 heavy (non-hydrogen) atoms. The number of aryl methyl sites for hydroxylation is 1. The van der Waals surface area contributed by atoms with E-state index < -0.39 is 16.1 Å². The van der Waals surface area contributed by atoms with Gasteiger partial charge >= 0.3 is 0 Å². The Morgan fingerprint density at radius 1 is 0.868 bits per heavy atom. The van der Waals surface area contributed by atoms with Gasteiger partial charge in [0.25, 0.3) is 0 Å². The first-order valence-corrected chi connectivity index (χ1v) is 14.7. The van der Waals surface area contributed by atoms with E-state index in [2.05, 4.69) is 5.32 Å². The summed E-state index contributed by atoms with van der Waals surface area (Å²) in [5, 5.41) is 2.89. The van der Waals surface area contributed by atoms with Crippen molar-refractivity contribution in [2.75, 3.05) is 23.7 Å². The van der Waals surface area contributed by atoms with Crippen molar-refractivity contribution in [2.24, 2.45) is 0 Å². The number of benzene rings is 3. The molecular formula is C30H37N3O4S. The topological polar surface area (TPSA) is 86.8 Å². The second-order valence-corrected chi connectivity index (χ2v) is 11.2.